The average molecular weight is 480 g/mol. The zero-order valence-electron chi connectivity index (χ0n) is 18.0. The molecule has 0 aliphatic heterocycles. The molecule has 5 rings (SSSR count). The molecule has 2 heterocycles. The summed E-state index contributed by atoms with van der Waals surface area (Å²) in [6, 6.07) is 15.0. The normalized spacial score (nSPS) is 15.4. The van der Waals surface area contributed by atoms with Crippen LogP contribution < -0.4 is 10.9 Å². The summed E-state index contributed by atoms with van der Waals surface area (Å²) in [4.78, 5) is 33.1. The molecule has 4 aromatic rings. The fourth-order valence-electron chi connectivity index (χ4n) is 4.13. The van der Waals surface area contributed by atoms with E-state index in [1.165, 1.54) is 40.9 Å². The number of aromatic nitrogens is 2. The molecule has 0 spiro atoms. The van der Waals surface area contributed by atoms with Gasteiger partial charge >= 0.3 is 0 Å². The molecule has 0 saturated heterocycles. The van der Waals surface area contributed by atoms with E-state index in [0.717, 1.165) is 35.3 Å². The number of carbonyl (C=O) groups is 1. The second kappa shape index (κ2) is 9.11. The van der Waals surface area contributed by atoms with E-state index in [1.807, 2.05) is 30.3 Å². The molecular weight excluding hydrogens is 457 g/mol. The van der Waals surface area contributed by atoms with Gasteiger partial charge in [0, 0.05) is 10.6 Å². The number of carbonyl (C=O) groups excluding carboxylic acids is 1. The fraction of sp³-hybridized carbons (Fsp3) is 0.240. The van der Waals surface area contributed by atoms with Crippen LogP contribution in [0.1, 0.15) is 23.8 Å². The topological polar surface area (TPSA) is 64.0 Å². The average Bonchev–Trinajstić information content (AvgIpc) is 3.17. The number of para-hydroxylation sites is 1. The van der Waals surface area contributed by atoms with Crippen LogP contribution in [0.15, 0.2) is 64.5 Å². The minimum absolute atomic E-state index is 0.0737. The number of halogens is 1. The van der Waals surface area contributed by atoms with Crippen LogP contribution in [0.4, 0.5) is 10.1 Å². The Morgan fingerprint density at radius 3 is 2.73 bits per heavy atom. The van der Waals surface area contributed by atoms with E-state index in [4.69, 9.17) is 4.98 Å². The number of aryl methyl sites for hydroxylation is 1. The number of thiophene rings is 1. The molecule has 33 heavy (non-hydrogen) atoms. The third-order valence-corrected chi connectivity index (χ3v) is 7.86. The van der Waals surface area contributed by atoms with Gasteiger partial charge in [-0.1, -0.05) is 36.9 Å². The van der Waals surface area contributed by atoms with E-state index in [-0.39, 0.29) is 23.0 Å². The number of anilines is 1. The number of amides is 1. The van der Waals surface area contributed by atoms with Gasteiger partial charge in [0.25, 0.3) is 5.56 Å². The fourth-order valence-corrected chi connectivity index (χ4v) is 6.37. The molecule has 0 unspecified atom stereocenters. The van der Waals surface area contributed by atoms with Crippen molar-refractivity contribution in [1.82, 2.24) is 9.55 Å². The van der Waals surface area contributed by atoms with Gasteiger partial charge in [-0.3, -0.25) is 14.2 Å². The van der Waals surface area contributed by atoms with Gasteiger partial charge in [-0.25, -0.2) is 9.37 Å². The molecule has 5 nitrogen and oxygen atoms in total. The lowest BCUT2D eigenvalue weighted by atomic mass is 9.89. The predicted molar refractivity (Wildman–Crippen MR) is 132 cm³/mol. The standard InChI is InChI=1S/C25H22FN3O2S2/c1-15-7-12-19-20(13-15)33-23-22(19)24(31)29(18-5-3-2-4-6-18)25(28-23)32-14-21(30)27-17-10-8-16(26)9-11-17/h2-6,8-11,15H,7,12-14H2,1H3,(H,27,30)/t15-/m0/s1. The highest BCUT2D eigenvalue weighted by Gasteiger charge is 2.25. The quantitative estimate of drug-likeness (QED) is 0.306. The Morgan fingerprint density at radius 2 is 1.97 bits per heavy atom. The second-order valence-electron chi connectivity index (χ2n) is 8.25. The Bertz CT molecular complexity index is 1380. The Hall–Kier alpha value is -2.97. The van der Waals surface area contributed by atoms with Crippen molar-refractivity contribution in [3.05, 3.63) is 81.2 Å². The van der Waals surface area contributed by atoms with Gasteiger partial charge in [-0.15, -0.1) is 11.3 Å². The maximum Gasteiger partial charge on any atom is 0.267 e. The number of benzene rings is 2. The van der Waals surface area contributed by atoms with Gasteiger partial charge in [0.1, 0.15) is 10.6 Å². The minimum atomic E-state index is -0.361. The number of hydrogen-bond acceptors (Lipinski definition) is 5. The molecule has 1 amide bonds. The molecule has 2 aromatic heterocycles. The Labute approximate surface area is 198 Å². The molecule has 0 fully saturated rings. The summed E-state index contributed by atoms with van der Waals surface area (Å²) in [6.07, 6.45) is 2.95. The van der Waals surface area contributed by atoms with E-state index in [2.05, 4.69) is 12.2 Å². The molecule has 0 bridgehead atoms. The first-order valence-electron chi connectivity index (χ1n) is 10.8. The van der Waals surface area contributed by atoms with Crippen LogP contribution >= 0.6 is 23.1 Å². The lowest BCUT2D eigenvalue weighted by Gasteiger charge is -2.17. The molecule has 1 atom stereocenters. The van der Waals surface area contributed by atoms with E-state index in [0.29, 0.717) is 22.1 Å². The Balaban J connectivity index is 1.51. The molecule has 168 valence electrons. The molecule has 1 aliphatic rings. The third kappa shape index (κ3) is 4.45. The van der Waals surface area contributed by atoms with Crippen molar-refractivity contribution in [2.75, 3.05) is 11.1 Å². The van der Waals surface area contributed by atoms with Crippen molar-refractivity contribution in [2.45, 2.75) is 31.3 Å². The SMILES string of the molecule is C[C@H]1CCc2c(sc3nc(SCC(=O)Nc4ccc(F)cc4)n(-c4ccccc4)c(=O)c23)C1. The zero-order chi connectivity index (χ0) is 22.9. The number of nitrogens with one attached hydrogen (secondary N) is 1. The highest BCUT2D eigenvalue weighted by atomic mass is 32.2. The molecule has 8 heteroatoms. The number of thioether (sulfide) groups is 1. The summed E-state index contributed by atoms with van der Waals surface area (Å²) in [5.74, 6) is 0.0650. The van der Waals surface area contributed by atoms with Crippen molar-refractivity contribution in [2.24, 2.45) is 5.92 Å². The summed E-state index contributed by atoms with van der Waals surface area (Å²) >= 11 is 2.82. The number of fused-ring (bicyclic) bond motifs is 3. The maximum absolute atomic E-state index is 13.7. The van der Waals surface area contributed by atoms with Crippen LogP contribution in [-0.2, 0) is 17.6 Å². The third-order valence-electron chi connectivity index (χ3n) is 5.77. The van der Waals surface area contributed by atoms with E-state index in [9.17, 15) is 14.0 Å². The van der Waals surface area contributed by atoms with Gasteiger partial charge in [0.15, 0.2) is 5.16 Å². The van der Waals surface area contributed by atoms with Crippen LogP contribution in [0, 0.1) is 11.7 Å². The number of hydrogen-bond donors (Lipinski definition) is 1. The van der Waals surface area contributed by atoms with Crippen molar-refractivity contribution in [3.8, 4) is 5.69 Å². The lowest BCUT2D eigenvalue weighted by Crippen LogP contribution is -2.23. The number of rotatable bonds is 5. The molecule has 1 aliphatic carbocycles. The van der Waals surface area contributed by atoms with E-state index < -0.39 is 0 Å². The summed E-state index contributed by atoms with van der Waals surface area (Å²) in [5.41, 5.74) is 2.30. The molecule has 2 aromatic carbocycles. The zero-order valence-corrected chi connectivity index (χ0v) is 19.6. The van der Waals surface area contributed by atoms with Crippen LogP contribution in [0.2, 0.25) is 0 Å². The maximum atomic E-state index is 13.7. The first-order valence-corrected chi connectivity index (χ1v) is 12.6. The van der Waals surface area contributed by atoms with Crippen molar-refractivity contribution >= 4 is 44.9 Å². The van der Waals surface area contributed by atoms with E-state index in [1.54, 1.807) is 15.9 Å². The van der Waals surface area contributed by atoms with Crippen LogP contribution in [0.5, 0.6) is 0 Å². The van der Waals surface area contributed by atoms with Crippen LogP contribution in [0.25, 0.3) is 15.9 Å². The molecule has 0 radical (unpaired) electrons. The van der Waals surface area contributed by atoms with Crippen LogP contribution in [-0.4, -0.2) is 21.2 Å². The Kier molecular flexibility index (Phi) is 6.03. The molecule has 1 N–H and O–H groups in total. The summed E-state index contributed by atoms with van der Waals surface area (Å²) in [6.45, 7) is 2.24. The van der Waals surface area contributed by atoms with Crippen molar-refractivity contribution < 1.29 is 9.18 Å². The smallest absolute Gasteiger partial charge is 0.267 e. The Morgan fingerprint density at radius 1 is 1.21 bits per heavy atom. The van der Waals surface area contributed by atoms with Gasteiger partial charge in [0.2, 0.25) is 5.91 Å². The molecule has 0 saturated carbocycles. The van der Waals surface area contributed by atoms with Gasteiger partial charge in [-0.2, -0.15) is 0 Å². The monoisotopic (exact) mass is 479 g/mol. The number of nitrogens with zero attached hydrogens (tertiary/aromatic N) is 2. The van der Waals surface area contributed by atoms with Crippen molar-refractivity contribution in [3.63, 3.8) is 0 Å². The van der Waals surface area contributed by atoms with Gasteiger partial charge < -0.3 is 5.32 Å². The molecular formula is C25H22FN3O2S2. The van der Waals surface area contributed by atoms with E-state index >= 15 is 0 Å². The first kappa shape index (κ1) is 21.9. The van der Waals surface area contributed by atoms with Gasteiger partial charge in [-0.05, 0) is 67.1 Å². The van der Waals surface area contributed by atoms with Crippen LogP contribution in [0.3, 0.4) is 0 Å². The summed E-state index contributed by atoms with van der Waals surface area (Å²) in [7, 11) is 0. The lowest BCUT2D eigenvalue weighted by molar-refractivity contribution is -0.113. The van der Waals surface area contributed by atoms with Gasteiger partial charge in [0.05, 0.1) is 16.8 Å². The second-order valence-corrected chi connectivity index (χ2v) is 10.3. The highest BCUT2D eigenvalue weighted by Crippen LogP contribution is 2.37. The largest absolute Gasteiger partial charge is 0.325 e. The predicted octanol–water partition coefficient (Wildman–Crippen LogP) is 5.44. The highest BCUT2D eigenvalue weighted by molar-refractivity contribution is 7.99. The summed E-state index contributed by atoms with van der Waals surface area (Å²) in [5, 5.41) is 3.96. The first-order chi connectivity index (χ1) is 16.0. The van der Waals surface area contributed by atoms with Crippen molar-refractivity contribution in [1.29, 1.82) is 0 Å². The minimum Gasteiger partial charge on any atom is -0.325 e. The summed E-state index contributed by atoms with van der Waals surface area (Å²) < 4.78 is 14.7.